The lowest BCUT2D eigenvalue weighted by atomic mass is 10.0. The average Bonchev–Trinajstić information content (AvgIpc) is 2.45. The van der Waals surface area contributed by atoms with Crippen LogP contribution >= 0.6 is 11.8 Å². The molecule has 3 heteroatoms. The highest BCUT2D eigenvalue weighted by atomic mass is 32.2. The summed E-state index contributed by atoms with van der Waals surface area (Å²) >= 11 is 1.68. The molecule has 0 unspecified atom stereocenters. The minimum atomic E-state index is 0.382. The normalized spacial score (nSPS) is 10.4. The fraction of sp³-hybridized carbons (Fsp3) is 0.562. The molecular weight excluding hydrogens is 256 g/mol. The lowest BCUT2D eigenvalue weighted by Gasteiger charge is -2.06. The maximum atomic E-state index is 11.2. The zero-order chi connectivity index (χ0) is 13.9. The molecule has 0 bridgehead atoms. The molecule has 1 rings (SSSR count). The Balaban J connectivity index is 2.23. The Bertz CT molecular complexity index is 377. The SMILES string of the molecule is CCC(=O)CCCCCc1cccc(OCSC)c1. The summed E-state index contributed by atoms with van der Waals surface area (Å²) < 4.78 is 5.59. The van der Waals surface area contributed by atoms with E-state index in [0.29, 0.717) is 18.1 Å². The van der Waals surface area contributed by atoms with Crippen molar-refractivity contribution in [2.75, 3.05) is 12.2 Å². The summed E-state index contributed by atoms with van der Waals surface area (Å²) in [5.41, 5.74) is 1.32. The Hall–Kier alpha value is -0.960. The molecule has 0 aliphatic heterocycles. The number of ether oxygens (including phenoxy) is 1. The summed E-state index contributed by atoms with van der Waals surface area (Å²) in [5.74, 6) is 2.03. The quantitative estimate of drug-likeness (QED) is 0.467. The highest BCUT2D eigenvalue weighted by Crippen LogP contribution is 2.16. The van der Waals surface area contributed by atoms with Crippen LogP contribution in [0.2, 0.25) is 0 Å². The fourth-order valence-corrected chi connectivity index (χ4v) is 2.18. The fourth-order valence-electron chi connectivity index (χ4n) is 1.92. The van der Waals surface area contributed by atoms with Crippen molar-refractivity contribution in [3.8, 4) is 5.75 Å². The molecule has 106 valence electrons. The number of rotatable bonds is 10. The number of carbonyl (C=O) groups excluding carboxylic acids is 1. The molecule has 1 aromatic rings. The molecule has 0 aromatic heterocycles. The second-order valence-corrected chi connectivity index (χ2v) is 5.46. The molecule has 0 spiro atoms. The summed E-state index contributed by atoms with van der Waals surface area (Å²) in [7, 11) is 0. The zero-order valence-corrected chi connectivity index (χ0v) is 12.8. The standard InChI is InChI=1S/C16H24O2S/c1-3-15(17)10-6-4-5-8-14-9-7-11-16(12-14)18-13-19-2/h7,9,11-12H,3-6,8,10,13H2,1-2H3. The van der Waals surface area contributed by atoms with Crippen LogP contribution in [0.1, 0.15) is 44.6 Å². The van der Waals surface area contributed by atoms with E-state index in [4.69, 9.17) is 4.74 Å². The largest absolute Gasteiger partial charge is 0.483 e. The van der Waals surface area contributed by atoms with Gasteiger partial charge >= 0.3 is 0 Å². The minimum Gasteiger partial charge on any atom is -0.483 e. The van der Waals surface area contributed by atoms with Crippen LogP contribution in [0, 0.1) is 0 Å². The molecule has 0 aliphatic rings. The van der Waals surface area contributed by atoms with E-state index in [-0.39, 0.29) is 0 Å². The summed E-state index contributed by atoms with van der Waals surface area (Å²) in [5, 5.41) is 0. The van der Waals surface area contributed by atoms with E-state index in [9.17, 15) is 4.79 Å². The highest BCUT2D eigenvalue weighted by molar-refractivity contribution is 7.98. The van der Waals surface area contributed by atoms with E-state index in [1.807, 2.05) is 25.3 Å². The zero-order valence-electron chi connectivity index (χ0n) is 12.0. The molecule has 0 amide bonds. The molecule has 0 fully saturated rings. The van der Waals surface area contributed by atoms with Crippen LogP contribution in [0.4, 0.5) is 0 Å². The highest BCUT2D eigenvalue weighted by Gasteiger charge is 2.00. The third-order valence-electron chi connectivity index (χ3n) is 3.06. The van der Waals surface area contributed by atoms with Gasteiger partial charge in [0, 0.05) is 12.8 Å². The number of Topliss-reactive ketones (excluding diaryl/α,β-unsaturated/α-hetero) is 1. The van der Waals surface area contributed by atoms with Crippen LogP contribution in [-0.4, -0.2) is 18.0 Å². The van der Waals surface area contributed by atoms with Gasteiger partial charge in [-0.25, -0.2) is 0 Å². The Morgan fingerprint density at radius 3 is 2.84 bits per heavy atom. The van der Waals surface area contributed by atoms with Crippen molar-refractivity contribution in [1.29, 1.82) is 0 Å². The molecule has 0 saturated carbocycles. The van der Waals surface area contributed by atoms with E-state index in [0.717, 1.165) is 37.9 Å². The Labute approximate surface area is 120 Å². The predicted molar refractivity (Wildman–Crippen MR) is 82.9 cm³/mol. The van der Waals surface area contributed by atoms with Crippen LogP contribution < -0.4 is 4.74 Å². The topological polar surface area (TPSA) is 26.3 Å². The predicted octanol–water partition coefficient (Wildman–Crippen LogP) is 4.47. The van der Waals surface area contributed by atoms with Gasteiger partial charge in [0.15, 0.2) is 0 Å². The third kappa shape index (κ3) is 7.26. The van der Waals surface area contributed by atoms with Gasteiger partial charge < -0.3 is 4.74 Å². The van der Waals surface area contributed by atoms with E-state index in [1.54, 1.807) is 11.8 Å². The Morgan fingerprint density at radius 1 is 1.26 bits per heavy atom. The van der Waals surface area contributed by atoms with Crippen LogP contribution in [-0.2, 0) is 11.2 Å². The van der Waals surface area contributed by atoms with Crippen molar-refractivity contribution in [3.63, 3.8) is 0 Å². The lowest BCUT2D eigenvalue weighted by molar-refractivity contribution is -0.118. The van der Waals surface area contributed by atoms with Gasteiger partial charge in [0.1, 0.15) is 17.5 Å². The number of ketones is 1. The van der Waals surface area contributed by atoms with Crippen LogP contribution in [0.5, 0.6) is 5.75 Å². The molecule has 0 N–H and O–H groups in total. The van der Waals surface area contributed by atoms with Crippen molar-refractivity contribution in [2.24, 2.45) is 0 Å². The van der Waals surface area contributed by atoms with Gasteiger partial charge in [-0.15, -0.1) is 11.8 Å². The summed E-state index contributed by atoms with van der Waals surface area (Å²) in [6.45, 7) is 1.93. The average molecular weight is 280 g/mol. The first-order chi connectivity index (χ1) is 9.26. The van der Waals surface area contributed by atoms with Crippen LogP contribution in [0.15, 0.2) is 24.3 Å². The molecule has 0 heterocycles. The molecule has 0 saturated heterocycles. The van der Waals surface area contributed by atoms with Gasteiger partial charge in [0.05, 0.1) is 0 Å². The monoisotopic (exact) mass is 280 g/mol. The van der Waals surface area contributed by atoms with Crippen LogP contribution in [0.3, 0.4) is 0 Å². The number of hydrogen-bond donors (Lipinski definition) is 0. The molecule has 19 heavy (non-hydrogen) atoms. The van der Waals surface area contributed by atoms with Gasteiger partial charge in [-0.3, -0.25) is 4.79 Å². The molecule has 2 nitrogen and oxygen atoms in total. The van der Waals surface area contributed by atoms with E-state index in [1.165, 1.54) is 5.56 Å². The maximum Gasteiger partial charge on any atom is 0.133 e. The second kappa shape index (κ2) is 9.90. The van der Waals surface area contributed by atoms with Gasteiger partial charge in [0.2, 0.25) is 0 Å². The summed E-state index contributed by atoms with van der Waals surface area (Å²) in [4.78, 5) is 11.2. The van der Waals surface area contributed by atoms with Gasteiger partial charge in [-0.1, -0.05) is 25.5 Å². The number of aryl methyl sites for hydroxylation is 1. The molecule has 0 aliphatic carbocycles. The minimum absolute atomic E-state index is 0.382. The molecule has 0 atom stereocenters. The number of hydrogen-bond acceptors (Lipinski definition) is 3. The number of thioether (sulfide) groups is 1. The van der Waals surface area contributed by atoms with Crippen molar-refractivity contribution in [3.05, 3.63) is 29.8 Å². The first-order valence-corrected chi connectivity index (χ1v) is 8.38. The van der Waals surface area contributed by atoms with Crippen molar-refractivity contribution in [1.82, 2.24) is 0 Å². The van der Waals surface area contributed by atoms with Gasteiger partial charge in [0.25, 0.3) is 0 Å². The van der Waals surface area contributed by atoms with Crippen molar-refractivity contribution in [2.45, 2.75) is 45.4 Å². The van der Waals surface area contributed by atoms with Crippen molar-refractivity contribution >= 4 is 17.5 Å². The second-order valence-electron chi connectivity index (χ2n) is 4.65. The molecule has 0 radical (unpaired) electrons. The van der Waals surface area contributed by atoms with E-state index in [2.05, 4.69) is 12.1 Å². The van der Waals surface area contributed by atoms with Gasteiger partial charge in [-0.2, -0.15) is 0 Å². The summed E-state index contributed by atoms with van der Waals surface area (Å²) in [6.07, 6.45) is 7.81. The number of carbonyl (C=O) groups is 1. The summed E-state index contributed by atoms with van der Waals surface area (Å²) in [6, 6.07) is 8.31. The first kappa shape index (κ1) is 16.1. The smallest absolute Gasteiger partial charge is 0.133 e. The maximum absolute atomic E-state index is 11.2. The van der Waals surface area contributed by atoms with E-state index >= 15 is 0 Å². The van der Waals surface area contributed by atoms with Gasteiger partial charge in [-0.05, 0) is 43.2 Å². The van der Waals surface area contributed by atoms with E-state index < -0.39 is 0 Å². The lowest BCUT2D eigenvalue weighted by Crippen LogP contribution is -1.95. The number of benzene rings is 1. The molecule has 1 aromatic carbocycles. The Kier molecular flexibility index (Phi) is 8.39. The van der Waals surface area contributed by atoms with Crippen LogP contribution in [0.25, 0.3) is 0 Å². The first-order valence-electron chi connectivity index (χ1n) is 6.98. The van der Waals surface area contributed by atoms with Crippen molar-refractivity contribution < 1.29 is 9.53 Å². The third-order valence-corrected chi connectivity index (χ3v) is 3.41. The number of unbranched alkanes of at least 4 members (excludes halogenated alkanes) is 2. The molecular formula is C16H24O2S. The Morgan fingerprint density at radius 2 is 2.11 bits per heavy atom.